The minimum atomic E-state index is 0.745. The molecule has 0 aromatic carbocycles. The number of hydrogen-bond acceptors (Lipinski definition) is 1. The van der Waals surface area contributed by atoms with Crippen LogP contribution in [-0.2, 0) is 0 Å². The van der Waals surface area contributed by atoms with E-state index in [0.29, 0.717) is 0 Å². The lowest BCUT2D eigenvalue weighted by Crippen LogP contribution is -2.13. The first kappa shape index (κ1) is 17.7. The smallest absolute Gasteiger partial charge is 0.0403 e. The summed E-state index contributed by atoms with van der Waals surface area (Å²) in [7, 11) is 1.00. The van der Waals surface area contributed by atoms with Crippen molar-refractivity contribution in [1.82, 2.24) is 5.32 Å². The summed E-state index contributed by atoms with van der Waals surface area (Å²) < 4.78 is 0. The zero-order valence-corrected chi connectivity index (χ0v) is 13.2. The Morgan fingerprint density at radius 2 is 1.95 bits per heavy atom. The molecule has 0 rings (SSSR count). The summed E-state index contributed by atoms with van der Waals surface area (Å²) in [6.07, 6.45) is 15.5. The first-order valence-corrected chi connectivity index (χ1v) is 7.89. The van der Waals surface area contributed by atoms with E-state index in [0.717, 1.165) is 38.9 Å². The van der Waals surface area contributed by atoms with Crippen molar-refractivity contribution in [3.63, 3.8) is 0 Å². The lowest BCUT2D eigenvalue weighted by Gasteiger charge is -2.06. The fraction of sp³-hybridized carbons (Fsp3) is 0.353. The highest BCUT2D eigenvalue weighted by atomic mass is 31.1. The second-order valence-electron chi connectivity index (χ2n) is 4.22. The van der Waals surface area contributed by atoms with Crippen LogP contribution < -0.4 is 5.32 Å². The van der Waals surface area contributed by atoms with Gasteiger partial charge in [-0.3, -0.25) is 0 Å². The summed E-state index contributed by atoms with van der Waals surface area (Å²) in [5, 5.41) is 3.27. The van der Waals surface area contributed by atoms with Gasteiger partial charge in [-0.1, -0.05) is 71.7 Å². The van der Waals surface area contributed by atoms with Crippen LogP contribution in [-0.4, -0.2) is 12.8 Å². The van der Waals surface area contributed by atoms with Gasteiger partial charge < -0.3 is 5.32 Å². The first-order valence-electron chi connectivity index (χ1n) is 6.75. The lowest BCUT2D eigenvalue weighted by atomic mass is 10.1. The normalized spacial score (nSPS) is 12.9. The van der Waals surface area contributed by atoms with Crippen LogP contribution in [0, 0.1) is 0 Å². The third kappa shape index (κ3) is 9.27. The molecule has 0 atom stereocenters. The van der Waals surface area contributed by atoms with E-state index in [4.69, 9.17) is 0 Å². The Morgan fingerprint density at radius 3 is 2.47 bits per heavy atom. The Bertz CT molecular complexity index is 386. The van der Waals surface area contributed by atoms with Crippen LogP contribution in [0.25, 0.3) is 0 Å². The average Bonchev–Trinajstić information content (AvgIpc) is 2.43. The van der Waals surface area contributed by atoms with Gasteiger partial charge in [-0.2, -0.15) is 0 Å². The molecular weight excluding hydrogens is 249 g/mol. The standard InChI is InChI=1S/C17H26NP/c1-6-9-10-16(7-2)12-11-15(4)18-13-17(8-3)14-19-5/h8,10-12,14,18H,3-7,9,13H2,1-2H3/b12-11+,16-10-,17-14+. The molecule has 1 nitrogen and oxygen atoms in total. The van der Waals surface area contributed by atoms with Crippen LogP contribution in [0.15, 0.2) is 60.1 Å². The predicted octanol–water partition coefficient (Wildman–Crippen LogP) is 5.23. The van der Waals surface area contributed by atoms with Gasteiger partial charge in [0.2, 0.25) is 0 Å². The molecule has 104 valence electrons. The molecule has 0 spiro atoms. The molecule has 0 heterocycles. The molecular formula is C17H26NP. The van der Waals surface area contributed by atoms with E-state index in [1.165, 1.54) is 12.0 Å². The summed E-state index contributed by atoms with van der Waals surface area (Å²) in [6, 6.07) is 0. The van der Waals surface area contributed by atoms with Crippen LogP contribution in [0.3, 0.4) is 0 Å². The fourth-order valence-corrected chi connectivity index (χ4v) is 1.86. The Hall–Kier alpha value is -1.33. The molecule has 0 aliphatic carbocycles. The van der Waals surface area contributed by atoms with Crippen molar-refractivity contribution < 1.29 is 0 Å². The minimum Gasteiger partial charge on any atom is -0.381 e. The molecule has 0 aliphatic heterocycles. The van der Waals surface area contributed by atoms with Gasteiger partial charge in [0, 0.05) is 12.2 Å². The SMILES string of the molecule is C=C/C(=C\P=C)CNC(=C)/C=C/C(=C\CCC)CC. The third-order valence-electron chi connectivity index (χ3n) is 2.64. The minimum absolute atomic E-state index is 0.745. The highest BCUT2D eigenvalue weighted by Gasteiger charge is 1.92. The monoisotopic (exact) mass is 275 g/mol. The zero-order chi connectivity index (χ0) is 14.5. The largest absolute Gasteiger partial charge is 0.381 e. The average molecular weight is 275 g/mol. The highest BCUT2D eigenvalue weighted by molar-refractivity contribution is 7.40. The maximum Gasteiger partial charge on any atom is 0.0403 e. The lowest BCUT2D eigenvalue weighted by molar-refractivity contribution is 0.915. The maximum atomic E-state index is 4.00. The molecule has 0 amide bonds. The molecule has 1 N–H and O–H groups in total. The Balaban J connectivity index is 4.33. The van der Waals surface area contributed by atoms with Gasteiger partial charge in [0.15, 0.2) is 0 Å². The van der Waals surface area contributed by atoms with Gasteiger partial charge in [0.1, 0.15) is 0 Å². The molecule has 0 saturated carbocycles. The molecule has 0 bridgehead atoms. The van der Waals surface area contributed by atoms with E-state index in [-0.39, 0.29) is 0 Å². The summed E-state index contributed by atoms with van der Waals surface area (Å²) in [5.74, 6) is 2.04. The van der Waals surface area contributed by atoms with E-state index in [1.807, 2.05) is 18.0 Å². The van der Waals surface area contributed by atoms with Crippen LogP contribution in [0.2, 0.25) is 0 Å². The van der Waals surface area contributed by atoms with Gasteiger partial charge in [-0.05, 0) is 30.3 Å². The van der Waals surface area contributed by atoms with E-state index in [9.17, 15) is 0 Å². The van der Waals surface area contributed by atoms with E-state index in [1.54, 1.807) is 0 Å². The van der Waals surface area contributed by atoms with Crippen LogP contribution >= 0.6 is 8.20 Å². The number of unbranched alkanes of at least 4 members (excludes halogenated alkanes) is 1. The summed E-state index contributed by atoms with van der Waals surface area (Å²) in [5.41, 5.74) is 3.42. The van der Waals surface area contributed by atoms with Crippen molar-refractivity contribution in [2.45, 2.75) is 33.1 Å². The molecule has 0 saturated heterocycles. The fourth-order valence-electron chi connectivity index (χ4n) is 1.43. The van der Waals surface area contributed by atoms with Gasteiger partial charge in [0.25, 0.3) is 0 Å². The second kappa shape index (κ2) is 11.7. The van der Waals surface area contributed by atoms with Crippen molar-refractivity contribution in [1.29, 1.82) is 0 Å². The number of hydrogen-bond donors (Lipinski definition) is 1. The number of nitrogens with one attached hydrogen (secondary N) is 1. The second-order valence-corrected chi connectivity index (χ2v) is 4.85. The summed E-state index contributed by atoms with van der Waals surface area (Å²) in [4.78, 5) is 0. The van der Waals surface area contributed by atoms with Crippen molar-refractivity contribution >= 4 is 14.5 Å². The number of allylic oxidation sites excluding steroid dienone is 4. The van der Waals surface area contributed by atoms with Crippen molar-refractivity contribution in [2.24, 2.45) is 0 Å². The Morgan fingerprint density at radius 1 is 1.21 bits per heavy atom. The number of rotatable bonds is 10. The van der Waals surface area contributed by atoms with Crippen LogP contribution in [0.1, 0.15) is 33.1 Å². The van der Waals surface area contributed by atoms with Crippen LogP contribution in [0.4, 0.5) is 0 Å². The zero-order valence-electron chi connectivity index (χ0n) is 12.3. The van der Waals surface area contributed by atoms with Crippen LogP contribution in [0.5, 0.6) is 0 Å². The molecule has 0 unspecified atom stereocenters. The summed E-state index contributed by atoms with van der Waals surface area (Å²) in [6.45, 7) is 12.9. The molecule has 0 aromatic heterocycles. The molecule has 19 heavy (non-hydrogen) atoms. The maximum absolute atomic E-state index is 4.00. The Labute approximate surface area is 120 Å². The van der Waals surface area contributed by atoms with Crippen molar-refractivity contribution in [3.8, 4) is 0 Å². The Kier molecular flexibility index (Phi) is 10.9. The van der Waals surface area contributed by atoms with Crippen molar-refractivity contribution in [3.05, 3.63) is 60.1 Å². The molecule has 0 radical (unpaired) electrons. The quantitative estimate of drug-likeness (QED) is 0.425. The van der Waals surface area contributed by atoms with Crippen molar-refractivity contribution in [2.75, 3.05) is 6.54 Å². The topological polar surface area (TPSA) is 12.0 Å². The van der Waals surface area contributed by atoms with E-state index < -0.39 is 0 Å². The highest BCUT2D eigenvalue weighted by Crippen LogP contribution is 2.07. The van der Waals surface area contributed by atoms with E-state index >= 15 is 0 Å². The molecule has 0 fully saturated rings. The molecule has 2 heteroatoms. The van der Waals surface area contributed by atoms with Gasteiger partial charge in [-0.15, -0.1) is 0 Å². The molecule has 0 aromatic rings. The van der Waals surface area contributed by atoms with Gasteiger partial charge >= 0.3 is 0 Å². The first-order chi connectivity index (χ1) is 9.17. The third-order valence-corrected chi connectivity index (χ3v) is 3.16. The summed E-state index contributed by atoms with van der Waals surface area (Å²) >= 11 is 0. The molecule has 0 aliphatic rings. The van der Waals surface area contributed by atoms with Gasteiger partial charge in [0.05, 0.1) is 0 Å². The van der Waals surface area contributed by atoms with E-state index in [2.05, 4.69) is 50.8 Å². The predicted molar refractivity (Wildman–Crippen MR) is 91.9 cm³/mol. The van der Waals surface area contributed by atoms with Gasteiger partial charge in [-0.25, -0.2) is 0 Å².